The molecule has 0 spiro atoms. The highest BCUT2D eigenvalue weighted by atomic mass is 16.4. The number of nitrogens with two attached hydrogens (primary N) is 1. The van der Waals surface area contributed by atoms with Crippen molar-refractivity contribution in [3.8, 4) is 0 Å². The van der Waals surface area contributed by atoms with Gasteiger partial charge in [-0.3, -0.25) is 9.59 Å². The molecule has 1 fully saturated rings. The summed E-state index contributed by atoms with van der Waals surface area (Å²) >= 11 is 0. The van der Waals surface area contributed by atoms with Crippen LogP contribution in [0, 0.1) is 0 Å². The van der Waals surface area contributed by atoms with Gasteiger partial charge in [-0.2, -0.15) is 0 Å². The molecule has 0 aromatic rings. The minimum absolute atomic E-state index is 0.366. The molecular weight excluding hydrogens is 214 g/mol. The fourth-order valence-electron chi connectivity index (χ4n) is 1.58. The Labute approximate surface area is 92.4 Å². The van der Waals surface area contributed by atoms with Gasteiger partial charge < -0.3 is 21.5 Å². The van der Waals surface area contributed by atoms with Crippen LogP contribution in [0.15, 0.2) is 0 Å². The summed E-state index contributed by atoms with van der Waals surface area (Å²) in [6.07, 6.45) is 1.16. The Balaban J connectivity index is 2.50. The van der Waals surface area contributed by atoms with Crippen molar-refractivity contribution in [2.45, 2.75) is 31.3 Å². The Morgan fingerprint density at radius 2 is 2.19 bits per heavy atom. The van der Waals surface area contributed by atoms with E-state index >= 15 is 0 Å². The van der Waals surface area contributed by atoms with E-state index in [2.05, 4.69) is 10.6 Å². The monoisotopic (exact) mass is 229 g/mol. The molecular formula is C9H15N3O4. The summed E-state index contributed by atoms with van der Waals surface area (Å²) in [5, 5.41) is 14.0. The summed E-state index contributed by atoms with van der Waals surface area (Å²) in [6, 6.07) is -1.61. The highest BCUT2D eigenvalue weighted by molar-refractivity contribution is 5.90. The average Bonchev–Trinajstić information content (AvgIpc) is 2.68. The molecule has 1 rings (SSSR count). The maximum Gasteiger partial charge on any atom is 0.326 e. The topological polar surface area (TPSA) is 122 Å². The zero-order valence-corrected chi connectivity index (χ0v) is 8.73. The summed E-state index contributed by atoms with van der Waals surface area (Å²) in [5.74, 6) is -2.41. The number of aliphatic carboxylic acids is 1. The van der Waals surface area contributed by atoms with E-state index < -0.39 is 30.2 Å². The van der Waals surface area contributed by atoms with Gasteiger partial charge in [0.25, 0.3) is 0 Å². The first-order valence-electron chi connectivity index (χ1n) is 5.05. The van der Waals surface area contributed by atoms with Gasteiger partial charge in [0.1, 0.15) is 6.04 Å². The highest BCUT2D eigenvalue weighted by Crippen LogP contribution is 2.05. The maximum atomic E-state index is 11.6. The molecule has 2 amide bonds. The first kappa shape index (κ1) is 12.4. The van der Waals surface area contributed by atoms with Crippen molar-refractivity contribution in [1.29, 1.82) is 0 Å². The minimum atomic E-state index is -1.26. The van der Waals surface area contributed by atoms with Crippen LogP contribution in [0.1, 0.15) is 19.3 Å². The Hall–Kier alpha value is -1.63. The summed E-state index contributed by atoms with van der Waals surface area (Å²) in [7, 11) is 0. The van der Waals surface area contributed by atoms with E-state index in [1.165, 1.54) is 0 Å². The van der Waals surface area contributed by atoms with Gasteiger partial charge in [0.2, 0.25) is 11.8 Å². The van der Waals surface area contributed by atoms with Gasteiger partial charge in [-0.05, 0) is 19.4 Å². The normalized spacial score (nSPS) is 21.4. The molecule has 0 aromatic carbocycles. The molecule has 0 saturated carbocycles. The van der Waals surface area contributed by atoms with Gasteiger partial charge in [0, 0.05) is 0 Å². The second-order valence-corrected chi connectivity index (χ2v) is 3.72. The van der Waals surface area contributed by atoms with E-state index in [9.17, 15) is 14.4 Å². The first-order chi connectivity index (χ1) is 7.50. The second kappa shape index (κ2) is 5.45. The molecule has 16 heavy (non-hydrogen) atoms. The van der Waals surface area contributed by atoms with E-state index in [1.54, 1.807) is 0 Å². The molecule has 0 aliphatic carbocycles. The van der Waals surface area contributed by atoms with Gasteiger partial charge >= 0.3 is 5.97 Å². The predicted octanol–water partition coefficient (Wildman–Crippen LogP) is -1.82. The van der Waals surface area contributed by atoms with Gasteiger partial charge in [0.15, 0.2) is 0 Å². The van der Waals surface area contributed by atoms with Crippen LogP contribution in [0.25, 0.3) is 0 Å². The number of primary amides is 1. The van der Waals surface area contributed by atoms with Gasteiger partial charge in [0.05, 0.1) is 12.5 Å². The summed E-state index contributed by atoms with van der Waals surface area (Å²) in [6.45, 7) is 0.742. The summed E-state index contributed by atoms with van der Waals surface area (Å²) < 4.78 is 0. The zero-order valence-electron chi connectivity index (χ0n) is 8.73. The Morgan fingerprint density at radius 1 is 1.50 bits per heavy atom. The van der Waals surface area contributed by atoms with Crippen molar-refractivity contribution in [2.24, 2.45) is 5.73 Å². The van der Waals surface area contributed by atoms with Crippen LogP contribution in [0.2, 0.25) is 0 Å². The minimum Gasteiger partial charge on any atom is -0.480 e. The maximum absolute atomic E-state index is 11.6. The van der Waals surface area contributed by atoms with Crippen molar-refractivity contribution < 1.29 is 19.5 Å². The quantitative estimate of drug-likeness (QED) is 0.442. The molecule has 1 aliphatic rings. The molecule has 1 saturated heterocycles. The molecule has 1 heterocycles. The number of rotatable bonds is 5. The third-order valence-electron chi connectivity index (χ3n) is 2.40. The van der Waals surface area contributed by atoms with Gasteiger partial charge in [-0.15, -0.1) is 0 Å². The van der Waals surface area contributed by atoms with Gasteiger partial charge in [-0.25, -0.2) is 4.79 Å². The van der Waals surface area contributed by atoms with Crippen LogP contribution >= 0.6 is 0 Å². The highest BCUT2D eigenvalue weighted by Gasteiger charge is 2.27. The van der Waals surface area contributed by atoms with Crippen LogP contribution in [0.5, 0.6) is 0 Å². The fraction of sp³-hybridized carbons (Fsp3) is 0.667. The van der Waals surface area contributed by atoms with Crippen molar-refractivity contribution >= 4 is 17.8 Å². The lowest BCUT2D eigenvalue weighted by molar-refractivity contribution is -0.143. The molecule has 5 N–H and O–H groups in total. The number of amides is 2. The van der Waals surface area contributed by atoms with E-state index in [1.807, 2.05) is 0 Å². The van der Waals surface area contributed by atoms with Crippen LogP contribution in [-0.4, -0.2) is 41.5 Å². The lowest BCUT2D eigenvalue weighted by Gasteiger charge is -2.16. The second-order valence-electron chi connectivity index (χ2n) is 3.72. The van der Waals surface area contributed by atoms with E-state index in [4.69, 9.17) is 10.8 Å². The molecule has 0 unspecified atom stereocenters. The van der Waals surface area contributed by atoms with E-state index in [0.717, 1.165) is 13.0 Å². The number of carbonyl (C=O) groups is 3. The Bertz CT molecular complexity index is 299. The third-order valence-corrected chi connectivity index (χ3v) is 2.40. The zero-order chi connectivity index (χ0) is 12.1. The number of carboxylic acid groups (broad SMARTS) is 1. The largest absolute Gasteiger partial charge is 0.480 e. The smallest absolute Gasteiger partial charge is 0.326 e. The number of carboxylic acids is 1. The van der Waals surface area contributed by atoms with Crippen LogP contribution in [0.3, 0.4) is 0 Å². The Morgan fingerprint density at radius 3 is 2.62 bits per heavy atom. The lowest BCUT2D eigenvalue weighted by atomic mass is 10.1. The van der Waals surface area contributed by atoms with Crippen molar-refractivity contribution in [3.05, 3.63) is 0 Å². The van der Waals surface area contributed by atoms with Crippen molar-refractivity contribution in [2.75, 3.05) is 6.54 Å². The molecule has 0 aromatic heterocycles. The standard InChI is InChI=1S/C9H15N3O4/c10-7(13)4-6(9(15)16)12-8(14)5-2-1-3-11-5/h5-6,11H,1-4H2,(H2,10,13)(H,12,14)(H,15,16)/t5-,6-/m0/s1. The molecule has 0 radical (unpaired) electrons. The number of hydrogen-bond acceptors (Lipinski definition) is 4. The predicted molar refractivity (Wildman–Crippen MR) is 54.4 cm³/mol. The Kier molecular flexibility index (Phi) is 4.24. The van der Waals surface area contributed by atoms with E-state index in [-0.39, 0.29) is 6.04 Å². The first-order valence-corrected chi connectivity index (χ1v) is 5.05. The third kappa shape index (κ3) is 3.50. The van der Waals surface area contributed by atoms with Crippen LogP contribution in [0.4, 0.5) is 0 Å². The molecule has 90 valence electrons. The van der Waals surface area contributed by atoms with Gasteiger partial charge in [-0.1, -0.05) is 0 Å². The molecule has 1 aliphatic heterocycles. The molecule has 7 nitrogen and oxygen atoms in total. The molecule has 2 atom stereocenters. The molecule has 7 heteroatoms. The number of hydrogen-bond donors (Lipinski definition) is 4. The fourth-order valence-corrected chi connectivity index (χ4v) is 1.58. The lowest BCUT2D eigenvalue weighted by Crippen LogP contribution is -2.49. The van der Waals surface area contributed by atoms with Crippen LogP contribution in [-0.2, 0) is 14.4 Å². The van der Waals surface area contributed by atoms with E-state index in [0.29, 0.717) is 6.42 Å². The average molecular weight is 229 g/mol. The molecule has 0 bridgehead atoms. The van der Waals surface area contributed by atoms with Crippen molar-refractivity contribution in [3.63, 3.8) is 0 Å². The number of carbonyl (C=O) groups excluding carboxylic acids is 2. The summed E-state index contributed by atoms with van der Waals surface area (Å²) in [4.78, 5) is 32.9. The van der Waals surface area contributed by atoms with Crippen molar-refractivity contribution in [1.82, 2.24) is 10.6 Å². The van der Waals surface area contributed by atoms with Crippen LogP contribution < -0.4 is 16.4 Å². The summed E-state index contributed by atoms with van der Waals surface area (Å²) in [5.41, 5.74) is 4.89. The SMILES string of the molecule is NC(=O)C[C@H](NC(=O)[C@@H]1CCCN1)C(=O)O. The number of nitrogens with one attached hydrogen (secondary N) is 2.